The van der Waals surface area contributed by atoms with Crippen LogP contribution in [0.25, 0.3) is 5.69 Å². The summed E-state index contributed by atoms with van der Waals surface area (Å²) >= 11 is 0. The van der Waals surface area contributed by atoms with Crippen molar-refractivity contribution in [2.45, 2.75) is 13.0 Å². The number of imidazole rings is 1. The van der Waals surface area contributed by atoms with Gasteiger partial charge in [0.05, 0.1) is 24.7 Å². The highest BCUT2D eigenvalue weighted by atomic mass is 16.3. The second-order valence-electron chi connectivity index (χ2n) is 3.78. The lowest BCUT2D eigenvalue weighted by atomic mass is 10.2. The number of hydrogen-bond donors (Lipinski definition) is 2. The fourth-order valence-corrected chi connectivity index (χ4v) is 1.61. The zero-order valence-corrected chi connectivity index (χ0v) is 9.17. The Labute approximate surface area is 94.4 Å². The van der Waals surface area contributed by atoms with Crippen LogP contribution in [0.5, 0.6) is 0 Å². The predicted octanol–water partition coefficient (Wildman–Crippen LogP) is 1.17. The van der Waals surface area contributed by atoms with Gasteiger partial charge in [-0.3, -0.25) is 0 Å². The molecule has 1 aromatic heterocycles. The highest BCUT2D eigenvalue weighted by molar-refractivity contribution is 5.40. The molecule has 2 rings (SSSR count). The van der Waals surface area contributed by atoms with Gasteiger partial charge in [-0.25, -0.2) is 4.98 Å². The van der Waals surface area contributed by atoms with Gasteiger partial charge in [0.1, 0.15) is 0 Å². The van der Waals surface area contributed by atoms with E-state index in [1.807, 2.05) is 42.0 Å². The van der Waals surface area contributed by atoms with E-state index < -0.39 is 6.04 Å². The summed E-state index contributed by atoms with van der Waals surface area (Å²) in [5.41, 5.74) is 8.64. The van der Waals surface area contributed by atoms with Crippen LogP contribution < -0.4 is 5.73 Å². The number of hydrogen-bond acceptors (Lipinski definition) is 3. The summed E-state index contributed by atoms with van der Waals surface area (Å²) in [5, 5.41) is 8.95. The number of aliphatic hydroxyl groups excluding tert-OH is 1. The molecule has 0 bridgehead atoms. The fourth-order valence-electron chi connectivity index (χ4n) is 1.61. The maximum Gasteiger partial charge on any atom is 0.0996 e. The summed E-state index contributed by atoms with van der Waals surface area (Å²) in [6.45, 7) is 1.95. The summed E-state index contributed by atoms with van der Waals surface area (Å²) in [6.07, 6.45) is 3.57. The molecule has 0 fully saturated rings. The molecular weight excluding hydrogens is 202 g/mol. The van der Waals surface area contributed by atoms with E-state index in [-0.39, 0.29) is 6.61 Å². The van der Waals surface area contributed by atoms with E-state index in [1.54, 1.807) is 6.33 Å². The molecule has 0 saturated heterocycles. The highest BCUT2D eigenvalue weighted by Gasteiger charge is 2.09. The molecule has 0 aliphatic carbocycles. The summed E-state index contributed by atoms with van der Waals surface area (Å²) in [5.74, 6) is 0. The summed E-state index contributed by atoms with van der Waals surface area (Å²) < 4.78 is 1.92. The minimum absolute atomic E-state index is 0.0925. The molecular formula is C12H15N3O. The largest absolute Gasteiger partial charge is 0.394 e. The number of nitrogens with two attached hydrogens (primary N) is 1. The third kappa shape index (κ3) is 1.98. The van der Waals surface area contributed by atoms with Crippen molar-refractivity contribution in [3.63, 3.8) is 0 Å². The van der Waals surface area contributed by atoms with Crippen LogP contribution in [0, 0.1) is 6.92 Å². The fraction of sp³-hybridized carbons (Fsp3) is 0.250. The molecule has 2 aromatic rings. The first kappa shape index (κ1) is 10.9. The summed E-state index contributed by atoms with van der Waals surface area (Å²) in [6, 6.07) is 7.63. The van der Waals surface area contributed by atoms with E-state index in [0.29, 0.717) is 5.69 Å². The smallest absolute Gasteiger partial charge is 0.0996 e. The van der Waals surface area contributed by atoms with E-state index in [2.05, 4.69) is 4.98 Å². The number of aromatic nitrogens is 2. The molecule has 1 aromatic carbocycles. The number of aliphatic hydroxyl groups is 1. The van der Waals surface area contributed by atoms with Crippen molar-refractivity contribution in [2.24, 2.45) is 5.73 Å². The molecule has 1 heterocycles. The lowest BCUT2D eigenvalue weighted by molar-refractivity contribution is 0.266. The number of benzene rings is 1. The molecule has 0 aliphatic heterocycles. The first-order valence-electron chi connectivity index (χ1n) is 5.18. The topological polar surface area (TPSA) is 64.1 Å². The van der Waals surface area contributed by atoms with Gasteiger partial charge in [-0.05, 0) is 18.6 Å². The average Bonchev–Trinajstić information content (AvgIpc) is 2.78. The van der Waals surface area contributed by atoms with Crippen molar-refractivity contribution in [1.29, 1.82) is 0 Å². The van der Waals surface area contributed by atoms with Crippen molar-refractivity contribution in [3.05, 3.63) is 48.0 Å². The van der Waals surface area contributed by atoms with Crippen molar-refractivity contribution in [1.82, 2.24) is 9.55 Å². The maximum atomic E-state index is 8.95. The van der Waals surface area contributed by atoms with Crippen LogP contribution in [0.1, 0.15) is 17.3 Å². The molecule has 0 aliphatic rings. The zero-order valence-electron chi connectivity index (χ0n) is 9.17. The standard InChI is InChI=1S/C12H15N3O/c1-9-4-2-3-5-12(9)15-6-11(14-8-15)10(13)7-16/h2-6,8,10,16H,7,13H2,1H3. The molecule has 84 valence electrons. The Balaban J connectivity index is 2.35. The van der Waals surface area contributed by atoms with E-state index in [4.69, 9.17) is 10.8 Å². The molecule has 1 unspecified atom stereocenters. The first-order valence-corrected chi connectivity index (χ1v) is 5.18. The Bertz CT molecular complexity index is 479. The quantitative estimate of drug-likeness (QED) is 0.811. The highest BCUT2D eigenvalue weighted by Crippen LogP contribution is 2.15. The van der Waals surface area contributed by atoms with Crippen LogP contribution in [-0.4, -0.2) is 21.3 Å². The molecule has 3 N–H and O–H groups in total. The van der Waals surface area contributed by atoms with Crippen LogP contribution >= 0.6 is 0 Å². The minimum Gasteiger partial charge on any atom is -0.394 e. The number of aryl methyl sites for hydroxylation is 1. The molecule has 0 amide bonds. The van der Waals surface area contributed by atoms with E-state index in [0.717, 1.165) is 5.69 Å². The third-order valence-electron chi connectivity index (χ3n) is 2.57. The number of rotatable bonds is 3. The van der Waals surface area contributed by atoms with Gasteiger partial charge >= 0.3 is 0 Å². The summed E-state index contributed by atoms with van der Waals surface area (Å²) in [4.78, 5) is 4.18. The van der Waals surface area contributed by atoms with Gasteiger partial charge in [0.2, 0.25) is 0 Å². The molecule has 16 heavy (non-hydrogen) atoms. The number of nitrogens with zero attached hydrogens (tertiary/aromatic N) is 2. The maximum absolute atomic E-state index is 8.95. The molecule has 4 nitrogen and oxygen atoms in total. The molecule has 0 radical (unpaired) electrons. The monoisotopic (exact) mass is 217 g/mol. The SMILES string of the molecule is Cc1ccccc1-n1cnc(C(N)CO)c1. The van der Waals surface area contributed by atoms with Crippen LogP contribution in [0.2, 0.25) is 0 Å². The predicted molar refractivity (Wildman–Crippen MR) is 62.3 cm³/mol. The van der Waals surface area contributed by atoms with Crippen molar-refractivity contribution in [3.8, 4) is 5.69 Å². The molecule has 1 atom stereocenters. The van der Waals surface area contributed by atoms with Crippen LogP contribution in [0.4, 0.5) is 0 Å². The molecule has 0 spiro atoms. The molecule has 4 heteroatoms. The van der Waals surface area contributed by atoms with Gasteiger partial charge < -0.3 is 15.4 Å². The second kappa shape index (κ2) is 4.47. The summed E-state index contributed by atoms with van der Waals surface area (Å²) in [7, 11) is 0. The Morgan fingerprint density at radius 1 is 1.44 bits per heavy atom. The Kier molecular flexibility index (Phi) is 3.03. The van der Waals surface area contributed by atoms with Crippen molar-refractivity contribution < 1.29 is 5.11 Å². The second-order valence-corrected chi connectivity index (χ2v) is 3.78. The van der Waals surface area contributed by atoms with Gasteiger partial charge in [0.15, 0.2) is 0 Å². The molecule has 0 saturated carbocycles. The normalized spacial score (nSPS) is 12.7. The van der Waals surface area contributed by atoms with Crippen LogP contribution in [-0.2, 0) is 0 Å². The van der Waals surface area contributed by atoms with E-state index >= 15 is 0 Å². The Morgan fingerprint density at radius 2 is 2.19 bits per heavy atom. The average molecular weight is 217 g/mol. The minimum atomic E-state index is -0.412. The van der Waals surface area contributed by atoms with E-state index in [9.17, 15) is 0 Å². The van der Waals surface area contributed by atoms with Crippen LogP contribution in [0.15, 0.2) is 36.8 Å². The lowest BCUT2D eigenvalue weighted by Gasteiger charge is -2.06. The Hall–Kier alpha value is -1.65. The van der Waals surface area contributed by atoms with Crippen molar-refractivity contribution >= 4 is 0 Å². The van der Waals surface area contributed by atoms with Crippen molar-refractivity contribution in [2.75, 3.05) is 6.61 Å². The van der Waals surface area contributed by atoms with Gasteiger partial charge in [-0.15, -0.1) is 0 Å². The van der Waals surface area contributed by atoms with E-state index in [1.165, 1.54) is 5.56 Å². The zero-order chi connectivity index (χ0) is 11.5. The Morgan fingerprint density at radius 3 is 2.88 bits per heavy atom. The van der Waals surface area contributed by atoms with Gasteiger partial charge in [-0.2, -0.15) is 0 Å². The van der Waals surface area contributed by atoms with Gasteiger partial charge in [0, 0.05) is 11.9 Å². The van der Waals surface area contributed by atoms with Gasteiger partial charge in [0.25, 0.3) is 0 Å². The third-order valence-corrected chi connectivity index (χ3v) is 2.57. The number of para-hydroxylation sites is 1. The van der Waals surface area contributed by atoms with Crippen LogP contribution in [0.3, 0.4) is 0 Å². The first-order chi connectivity index (χ1) is 7.72. The van der Waals surface area contributed by atoms with Gasteiger partial charge in [-0.1, -0.05) is 18.2 Å². The lowest BCUT2D eigenvalue weighted by Crippen LogP contribution is -2.14.